The minimum atomic E-state index is 0.542. The van der Waals surface area contributed by atoms with Gasteiger partial charge in [0.05, 0.1) is 6.61 Å². The Morgan fingerprint density at radius 1 is 1.54 bits per heavy atom. The Morgan fingerprint density at radius 2 is 2.23 bits per heavy atom. The molecule has 1 rings (SSSR count). The van der Waals surface area contributed by atoms with Gasteiger partial charge in [0.2, 0.25) is 0 Å². The minimum Gasteiger partial charge on any atom is -0.483 e. The van der Waals surface area contributed by atoms with E-state index in [-0.39, 0.29) is 0 Å². The fourth-order valence-electron chi connectivity index (χ4n) is 1.12. The lowest BCUT2D eigenvalue weighted by atomic mass is 10.1. The van der Waals surface area contributed by atoms with Gasteiger partial charge in [-0.25, -0.2) is 0 Å². The minimum absolute atomic E-state index is 0.542. The van der Waals surface area contributed by atoms with E-state index in [1.807, 2.05) is 32.0 Å². The molecule has 0 aliphatic heterocycles. The van der Waals surface area contributed by atoms with E-state index < -0.39 is 0 Å². The molecule has 70 valence electrons. The van der Waals surface area contributed by atoms with Gasteiger partial charge in [-0.3, -0.25) is 0 Å². The molecule has 2 N–H and O–H groups in total. The smallest absolute Gasteiger partial charge is 0.191 e. The van der Waals surface area contributed by atoms with Crippen LogP contribution in [0.25, 0.3) is 0 Å². The molecular formula is C10H13NOS. The monoisotopic (exact) mass is 195 g/mol. The van der Waals surface area contributed by atoms with E-state index in [2.05, 4.69) is 0 Å². The molecule has 0 fully saturated rings. The summed E-state index contributed by atoms with van der Waals surface area (Å²) in [4.78, 5) is 0. The number of rotatable bonds is 2. The van der Waals surface area contributed by atoms with Crippen LogP contribution in [0.1, 0.15) is 18.1 Å². The average molecular weight is 195 g/mol. The zero-order chi connectivity index (χ0) is 9.84. The quantitative estimate of drug-likeness (QED) is 0.581. The maximum absolute atomic E-state index is 5.62. The number of thiocarbonyl (C=S) groups is 1. The summed E-state index contributed by atoms with van der Waals surface area (Å²) in [7, 11) is 0. The number of hydrogen-bond acceptors (Lipinski definition) is 3. The molecule has 0 aliphatic carbocycles. The average Bonchev–Trinajstić information content (AvgIpc) is 2.04. The second-order valence-corrected chi connectivity index (χ2v) is 3.17. The van der Waals surface area contributed by atoms with Crippen LogP contribution < -0.4 is 5.73 Å². The molecule has 0 spiro atoms. The first-order chi connectivity index (χ1) is 6.15. The van der Waals surface area contributed by atoms with E-state index in [1.54, 1.807) is 0 Å². The van der Waals surface area contributed by atoms with E-state index in [1.165, 1.54) is 0 Å². The lowest BCUT2D eigenvalue weighted by Crippen LogP contribution is -2.05. The zero-order valence-corrected chi connectivity index (χ0v) is 8.65. The molecule has 0 bridgehead atoms. The molecular weight excluding hydrogens is 182 g/mol. The van der Waals surface area contributed by atoms with Crippen molar-refractivity contribution in [3.8, 4) is 0 Å². The van der Waals surface area contributed by atoms with Gasteiger partial charge in [-0.15, -0.1) is 0 Å². The predicted molar refractivity (Wildman–Crippen MR) is 58.9 cm³/mol. The van der Waals surface area contributed by atoms with Gasteiger partial charge >= 0.3 is 0 Å². The Labute approximate surface area is 83.7 Å². The first kappa shape index (κ1) is 9.99. The van der Waals surface area contributed by atoms with Crippen LogP contribution >= 0.6 is 12.2 Å². The van der Waals surface area contributed by atoms with Gasteiger partial charge in [-0.1, -0.05) is 0 Å². The Morgan fingerprint density at radius 3 is 2.77 bits per heavy atom. The molecule has 0 amide bonds. The second kappa shape index (κ2) is 4.23. The Bertz CT molecular complexity index is 323. The van der Waals surface area contributed by atoms with E-state index in [9.17, 15) is 0 Å². The van der Waals surface area contributed by atoms with Crippen molar-refractivity contribution >= 4 is 23.0 Å². The molecule has 0 heterocycles. The Kier molecular flexibility index (Phi) is 3.25. The van der Waals surface area contributed by atoms with Gasteiger partial charge in [-0.05, 0) is 49.8 Å². The molecule has 1 aromatic rings. The van der Waals surface area contributed by atoms with Crippen LogP contribution in [-0.2, 0) is 4.74 Å². The van der Waals surface area contributed by atoms with Crippen LogP contribution in [0, 0.1) is 6.92 Å². The van der Waals surface area contributed by atoms with Crippen molar-refractivity contribution < 1.29 is 4.74 Å². The molecule has 0 unspecified atom stereocenters. The third-order valence-corrected chi connectivity index (χ3v) is 2.08. The third-order valence-electron chi connectivity index (χ3n) is 1.75. The number of nitrogens with two attached hydrogens (primary N) is 1. The van der Waals surface area contributed by atoms with Crippen LogP contribution in [0.5, 0.6) is 0 Å². The maximum atomic E-state index is 5.62. The summed E-state index contributed by atoms with van der Waals surface area (Å²) >= 11 is 5.09. The molecule has 0 radical (unpaired) electrons. The number of ether oxygens (including phenoxy) is 1. The lowest BCUT2D eigenvalue weighted by molar-refractivity contribution is 0.337. The number of anilines is 1. The van der Waals surface area contributed by atoms with E-state index >= 15 is 0 Å². The third kappa shape index (κ3) is 2.42. The fourth-order valence-corrected chi connectivity index (χ4v) is 1.47. The van der Waals surface area contributed by atoms with Gasteiger partial charge in [0, 0.05) is 11.3 Å². The van der Waals surface area contributed by atoms with E-state index in [4.69, 9.17) is 22.7 Å². The van der Waals surface area contributed by atoms with Crippen molar-refractivity contribution in [1.29, 1.82) is 0 Å². The lowest BCUT2D eigenvalue weighted by Gasteiger charge is -2.08. The summed E-state index contributed by atoms with van der Waals surface area (Å²) < 4.78 is 5.24. The predicted octanol–water partition coefficient (Wildman–Crippen LogP) is 2.29. The highest BCUT2D eigenvalue weighted by molar-refractivity contribution is 7.80. The molecule has 3 heteroatoms. The molecule has 0 saturated heterocycles. The highest BCUT2D eigenvalue weighted by atomic mass is 32.1. The number of benzene rings is 1. The zero-order valence-electron chi connectivity index (χ0n) is 7.83. The summed E-state index contributed by atoms with van der Waals surface area (Å²) in [6, 6.07) is 5.61. The largest absolute Gasteiger partial charge is 0.483 e. The maximum Gasteiger partial charge on any atom is 0.191 e. The van der Waals surface area contributed by atoms with Crippen LogP contribution in [0.4, 0.5) is 5.69 Å². The van der Waals surface area contributed by atoms with Crippen molar-refractivity contribution in [2.24, 2.45) is 0 Å². The van der Waals surface area contributed by atoms with Crippen LogP contribution in [0.15, 0.2) is 18.2 Å². The second-order valence-electron chi connectivity index (χ2n) is 2.79. The van der Waals surface area contributed by atoms with Gasteiger partial charge in [0.15, 0.2) is 5.05 Å². The van der Waals surface area contributed by atoms with E-state index in [0.29, 0.717) is 11.7 Å². The van der Waals surface area contributed by atoms with Crippen molar-refractivity contribution in [1.82, 2.24) is 0 Å². The topological polar surface area (TPSA) is 35.2 Å². The molecule has 0 saturated carbocycles. The number of nitrogen functional groups attached to an aromatic ring is 1. The Balaban J connectivity index is 2.95. The van der Waals surface area contributed by atoms with Crippen molar-refractivity contribution in [3.05, 3.63) is 29.3 Å². The first-order valence-electron chi connectivity index (χ1n) is 4.18. The SMILES string of the molecule is CCOC(=S)c1ccc(N)cc1C. The molecule has 1 aromatic carbocycles. The van der Waals surface area contributed by atoms with Crippen molar-refractivity contribution in [3.63, 3.8) is 0 Å². The van der Waals surface area contributed by atoms with Crippen molar-refractivity contribution in [2.75, 3.05) is 12.3 Å². The molecule has 0 aromatic heterocycles. The van der Waals surface area contributed by atoms with Gasteiger partial charge in [-0.2, -0.15) is 0 Å². The molecule has 2 nitrogen and oxygen atoms in total. The number of aryl methyl sites for hydroxylation is 1. The van der Waals surface area contributed by atoms with E-state index in [0.717, 1.165) is 16.8 Å². The molecule has 0 atom stereocenters. The van der Waals surface area contributed by atoms with Gasteiger partial charge in [0.1, 0.15) is 0 Å². The van der Waals surface area contributed by atoms with Crippen LogP contribution in [0.3, 0.4) is 0 Å². The highest BCUT2D eigenvalue weighted by Gasteiger charge is 2.04. The number of hydrogen-bond donors (Lipinski definition) is 1. The summed E-state index contributed by atoms with van der Waals surface area (Å²) in [6.45, 7) is 4.48. The van der Waals surface area contributed by atoms with Crippen LogP contribution in [-0.4, -0.2) is 11.7 Å². The van der Waals surface area contributed by atoms with Crippen molar-refractivity contribution in [2.45, 2.75) is 13.8 Å². The fraction of sp³-hybridized carbons (Fsp3) is 0.300. The highest BCUT2D eigenvalue weighted by Crippen LogP contribution is 2.14. The summed E-state index contributed by atoms with van der Waals surface area (Å²) in [5.74, 6) is 0. The van der Waals surface area contributed by atoms with Gasteiger partial charge in [0.25, 0.3) is 0 Å². The standard InChI is InChI=1S/C10H13NOS/c1-3-12-10(13)9-5-4-8(11)6-7(9)2/h4-6H,3,11H2,1-2H3. The summed E-state index contributed by atoms with van der Waals surface area (Å²) in [5, 5.41) is 0.542. The van der Waals surface area contributed by atoms with Crippen LogP contribution in [0.2, 0.25) is 0 Å². The molecule has 0 aliphatic rings. The normalized spacial score (nSPS) is 9.69. The first-order valence-corrected chi connectivity index (χ1v) is 4.59. The summed E-state index contributed by atoms with van der Waals surface area (Å²) in [6.07, 6.45) is 0. The van der Waals surface area contributed by atoms with Gasteiger partial charge < -0.3 is 10.5 Å². The summed E-state index contributed by atoms with van der Waals surface area (Å²) in [5.41, 5.74) is 8.37. The Hall–Kier alpha value is -1.09. The molecule has 13 heavy (non-hydrogen) atoms.